The molecule has 2 heterocycles. The molecule has 8 heteroatoms. The maximum atomic E-state index is 13.2. The van der Waals surface area contributed by atoms with E-state index in [1.165, 1.54) is 18.3 Å². The third-order valence-electron chi connectivity index (χ3n) is 3.65. The van der Waals surface area contributed by atoms with E-state index in [2.05, 4.69) is 15.3 Å². The molecular weight excluding hydrogens is 303 g/mol. The van der Waals surface area contributed by atoms with Crippen LogP contribution in [0.25, 0.3) is 0 Å². The Bertz CT molecular complexity index is 798. The van der Waals surface area contributed by atoms with E-state index in [0.717, 1.165) is 0 Å². The lowest BCUT2D eigenvalue weighted by molar-refractivity contribution is -0.128. The number of carbonyl (C=O) groups excluding carboxylic acids is 2. The summed E-state index contributed by atoms with van der Waals surface area (Å²) in [5, 5.41) is 2.70. The third kappa shape index (κ3) is 3.47. The smallest absolute Gasteiger partial charge is 0.323 e. The lowest BCUT2D eigenvalue weighted by Gasteiger charge is -2.17. The van der Waals surface area contributed by atoms with Crippen molar-refractivity contribution in [3.63, 3.8) is 0 Å². The van der Waals surface area contributed by atoms with Gasteiger partial charge in [0.15, 0.2) is 0 Å². The molecule has 1 atom stereocenters. The molecule has 0 aliphatic carbocycles. The molecule has 1 fully saturated rings. The standard InChI is InChI=1S/C15H15FN4O3/c16-10-3-1-2-9(4-10)7-20-8-11(5-13(20)21)18-14(22)12-6-17-15(23)19-12/h1-4,6,11H,5,7-8H2,(H,18,22)(H2,17,19,23)/t11-/m1/s1. The number of hydrogen-bond donors (Lipinski definition) is 3. The van der Waals surface area contributed by atoms with Gasteiger partial charge in [-0.1, -0.05) is 12.1 Å². The summed E-state index contributed by atoms with van der Waals surface area (Å²) in [6.07, 6.45) is 1.45. The highest BCUT2D eigenvalue weighted by atomic mass is 19.1. The molecule has 7 nitrogen and oxygen atoms in total. The van der Waals surface area contributed by atoms with Crippen LogP contribution in [0.3, 0.4) is 0 Å². The number of carbonyl (C=O) groups is 2. The fraction of sp³-hybridized carbons (Fsp3) is 0.267. The summed E-state index contributed by atoms with van der Waals surface area (Å²) in [5.74, 6) is -0.911. The Morgan fingerprint density at radius 1 is 1.39 bits per heavy atom. The van der Waals surface area contributed by atoms with Gasteiger partial charge in [-0.2, -0.15) is 0 Å². The molecule has 0 bridgehead atoms. The van der Waals surface area contributed by atoms with E-state index >= 15 is 0 Å². The molecule has 1 aliphatic heterocycles. The highest BCUT2D eigenvalue weighted by molar-refractivity contribution is 5.93. The number of hydrogen-bond acceptors (Lipinski definition) is 3. The van der Waals surface area contributed by atoms with E-state index in [0.29, 0.717) is 18.7 Å². The van der Waals surface area contributed by atoms with Gasteiger partial charge in [0.25, 0.3) is 5.91 Å². The second-order valence-corrected chi connectivity index (χ2v) is 5.44. The second kappa shape index (κ2) is 6.07. The molecule has 2 amide bonds. The van der Waals surface area contributed by atoms with Gasteiger partial charge in [-0.25, -0.2) is 9.18 Å². The summed E-state index contributed by atoms with van der Waals surface area (Å²) in [6.45, 7) is 0.639. The molecule has 1 aliphatic rings. The number of imidazole rings is 1. The van der Waals surface area contributed by atoms with Crippen LogP contribution >= 0.6 is 0 Å². The van der Waals surface area contributed by atoms with Gasteiger partial charge in [0.1, 0.15) is 11.5 Å². The summed E-state index contributed by atoms with van der Waals surface area (Å²) >= 11 is 0. The van der Waals surface area contributed by atoms with E-state index in [4.69, 9.17) is 0 Å². The number of H-pyrrole nitrogens is 2. The minimum Gasteiger partial charge on any atom is -0.346 e. The number of amides is 2. The van der Waals surface area contributed by atoms with Crippen molar-refractivity contribution in [2.45, 2.75) is 19.0 Å². The largest absolute Gasteiger partial charge is 0.346 e. The Kier molecular flexibility index (Phi) is 3.96. The van der Waals surface area contributed by atoms with Crippen molar-refractivity contribution < 1.29 is 14.0 Å². The molecule has 0 radical (unpaired) electrons. The van der Waals surface area contributed by atoms with Crippen molar-refractivity contribution in [1.29, 1.82) is 0 Å². The fourth-order valence-corrected chi connectivity index (χ4v) is 2.60. The van der Waals surface area contributed by atoms with Crippen LogP contribution in [0.5, 0.6) is 0 Å². The van der Waals surface area contributed by atoms with Crippen LogP contribution in [0, 0.1) is 5.82 Å². The first-order valence-corrected chi connectivity index (χ1v) is 7.12. The van der Waals surface area contributed by atoms with Gasteiger partial charge in [-0.3, -0.25) is 9.59 Å². The number of benzene rings is 1. The van der Waals surface area contributed by atoms with Gasteiger partial charge < -0.3 is 20.2 Å². The minimum absolute atomic E-state index is 0.109. The zero-order valence-corrected chi connectivity index (χ0v) is 12.1. The maximum Gasteiger partial charge on any atom is 0.323 e. The van der Waals surface area contributed by atoms with Crippen molar-refractivity contribution >= 4 is 11.8 Å². The van der Waals surface area contributed by atoms with Crippen LogP contribution < -0.4 is 11.0 Å². The number of likely N-dealkylation sites (tertiary alicyclic amines) is 1. The van der Waals surface area contributed by atoms with E-state index in [1.807, 2.05) is 0 Å². The molecule has 23 heavy (non-hydrogen) atoms. The number of halogens is 1. The number of aromatic nitrogens is 2. The molecule has 1 saturated heterocycles. The van der Waals surface area contributed by atoms with E-state index < -0.39 is 11.6 Å². The van der Waals surface area contributed by atoms with Crippen molar-refractivity contribution in [2.75, 3.05) is 6.54 Å². The van der Waals surface area contributed by atoms with Crippen LogP contribution in [-0.2, 0) is 11.3 Å². The lowest BCUT2D eigenvalue weighted by atomic mass is 10.2. The Morgan fingerprint density at radius 2 is 2.22 bits per heavy atom. The first-order valence-electron chi connectivity index (χ1n) is 7.12. The van der Waals surface area contributed by atoms with Gasteiger partial charge in [0, 0.05) is 25.7 Å². The van der Waals surface area contributed by atoms with Crippen molar-refractivity contribution in [2.24, 2.45) is 0 Å². The molecule has 3 rings (SSSR count). The summed E-state index contributed by atoms with van der Waals surface area (Å²) in [7, 11) is 0. The summed E-state index contributed by atoms with van der Waals surface area (Å²) < 4.78 is 13.2. The van der Waals surface area contributed by atoms with Crippen LogP contribution in [-0.4, -0.2) is 39.3 Å². The average molecular weight is 318 g/mol. The zero-order valence-electron chi connectivity index (χ0n) is 12.1. The predicted molar refractivity (Wildman–Crippen MR) is 79.1 cm³/mol. The van der Waals surface area contributed by atoms with E-state index in [9.17, 15) is 18.8 Å². The molecule has 3 N–H and O–H groups in total. The van der Waals surface area contributed by atoms with Crippen LogP contribution in [0.2, 0.25) is 0 Å². The topological polar surface area (TPSA) is 98.1 Å². The molecule has 2 aromatic rings. The number of nitrogens with zero attached hydrogens (tertiary/aromatic N) is 1. The quantitative estimate of drug-likeness (QED) is 0.760. The molecule has 120 valence electrons. The molecule has 1 aromatic carbocycles. The van der Waals surface area contributed by atoms with Gasteiger partial charge in [-0.15, -0.1) is 0 Å². The lowest BCUT2D eigenvalue weighted by Crippen LogP contribution is -2.37. The Balaban J connectivity index is 1.61. The van der Waals surface area contributed by atoms with Crippen LogP contribution in [0.15, 0.2) is 35.3 Å². The van der Waals surface area contributed by atoms with Crippen LogP contribution in [0.1, 0.15) is 22.5 Å². The molecule has 0 unspecified atom stereocenters. The SMILES string of the molecule is O=C(N[C@@H]1CC(=O)N(Cc2cccc(F)c2)C1)c1c[nH]c(=O)[nH]1. The summed E-state index contributed by atoms with van der Waals surface area (Å²) in [6, 6.07) is 5.71. The summed E-state index contributed by atoms with van der Waals surface area (Å²) in [5.41, 5.74) is 0.344. The Labute approximate surface area is 130 Å². The van der Waals surface area contributed by atoms with Gasteiger partial charge >= 0.3 is 5.69 Å². The van der Waals surface area contributed by atoms with E-state index in [-0.39, 0.29) is 29.9 Å². The highest BCUT2D eigenvalue weighted by Crippen LogP contribution is 2.16. The minimum atomic E-state index is -0.467. The Hall–Kier alpha value is -2.90. The average Bonchev–Trinajstić information content (AvgIpc) is 3.06. The number of rotatable bonds is 4. The Morgan fingerprint density at radius 3 is 2.91 bits per heavy atom. The molecular formula is C15H15FN4O3. The normalized spacial score (nSPS) is 17.5. The predicted octanol–water partition coefficient (Wildman–Crippen LogP) is 0.373. The second-order valence-electron chi connectivity index (χ2n) is 5.44. The number of aromatic amines is 2. The molecule has 0 saturated carbocycles. The van der Waals surface area contributed by atoms with E-state index in [1.54, 1.807) is 17.0 Å². The van der Waals surface area contributed by atoms with Crippen molar-refractivity contribution in [3.8, 4) is 0 Å². The first kappa shape index (κ1) is 15.0. The molecule has 0 spiro atoms. The first-order chi connectivity index (χ1) is 11.0. The van der Waals surface area contributed by atoms with Crippen LogP contribution in [0.4, 0.5) is 4.39 Å². The van der Waals surface area contributed by atoms with Crippen molar-refractivity contribution in [3.05, 3.63) is 58.0 Å². The maximum absolute atomic E-state index is 13.2. The zero-order chi connectivity index (χ0) is 16.4. The van der Waals surface area contributed by atoms with Crippen molar-refractivity contribution in [1.82, 2.24) is 20.2 Å². The monoisotopic (exact) mass is 318 g/mol. The fourth-order valence-electron chi connectivity index (χ4n) is 2.60. The highest BCUT2D eigenvalue weighted by Gasteiger charge is 2.31. The molecule has 1 aromatic heterocycles. The van der Waals surface area contributed by atoms with Gasteiger partial charge in [0.05, 0.1) is 6.04 Å². The van der Waals surface area contributed by atoms with Gasteiger partial charge in [0.2, 0.25) is 5.91 Å². The number of nitrogens with one attached hydrogen (secondary N) is 3. The third-order valence-corrected chi connectivity index (χ3v) is 3.65. The summed E-state index contributed by atoms with van der Waals surface area (Å²) in [4.78, 5) is 41.2. The van der Waals surface area contributed by atoms with Gasteiger partial charge in [-0.05, 0) is 17.7 Å².